The minimum Gasteiger partial charge on any atom is -0.292 e. The van der Waals surface area contributed by atoms with Crippen molar-refractivity contribution in [2.75, 3.05) is 6.54 Å². The van der Waals surface area contributed by atoms with Gasteiger partial charge in [0.2, 0.25) is 0 Å². The molecule has 1 unspecified atom stereocenters. The van der Waals surface area contributed by atoms with Gasteiger partial charge >= 0.3 is 5.69 Å². The number of nitrogens with zero attached hydrogens (tertiary/aromatic N) is 4. The van der Waals surface area contributed by atoms with E-state index < -0.39 is 0 Å². The van der Waals surface area contributed by atoms with E-state index in [1.54, 1.807) is 13.2 Å². The molecule has 1 aliphatic rings. The third-order valence-corrected chi connectivity index (χ3v) is 3.60. The summed E-state index contributed by atoms with van der Waals surface area (Å²) in [5, 5.41) is 4.19. The first-order valence-corrected chi connectivity index (χ1v) is 6.50. The van der Waals surface area contributed by atoms with Gasteiger partial charge in [-0.15, -0.1) is 0 Å². The molecule has 2 aromatic rings. The highest BCUT2D eigenvalue weighted by atomic mass is 16.1. The molecule has 0 spiro atoms. The summed E-state index contributed by atoms with van der Waals surface area (Å²) in [6.45, 7) is 1.70. The number of H-pyrrole nitrogens is 1. The summed E-state index contributed by atoms with van der Waals surface area (Å²) < 4.78 is 1.34. The zero-order valence-electron chi connectivity index (χ0n) is 10.9. The van der Waals surface area contributed by atoms with Crippen molar-refractivity contribution in [2.24, 2.45) is 7.05 Å². The summed E-state index contributed by atoms with van der Waals surface area (Å²) in [6, 6.07) is 4.45. The Morgan fingerprint density at radius 1 is 1.53 bits per heavy atom. The highest BCUT2D eigenvalue weighted by Crippen LogP contribution is 2.31. The van der Waals surface area contributed by atoms with Crippen LogP contribution in [0.25, 0.3) is 0 Å². The summed E-state index contributed by atoms with van der Waals surface area (Å²) in [5.41, 5.74) is 1.07. The highest BCUT2D eigenvalue weighted by Gasteiger charge is 2.26. The molecule has 1 atom stereocenters. The molecule has 0 aromatic carbocycles. The van der Waals surface area contributed by atoms with E-state index in [1.165, 1.54) is 10.2 Å². The average Bonchev–Trinajstić information content (AvgIpc) is 2.99. The molecular weight excluding hydrogens is 242 g/mol. The van der Waals surface area contributed by atoms with Crippen molar-refractivity contribution in [3.63, 3.8) is 0 Å². The smallest absolute Gasteiger partial charge is 0.292 e. The quantitative estimate of drug-likeness (QED) is 0.887. The Hall–Kier alpha value is -1.95. The SMILES string of the molecule is Cn1nc(CN2CCCC2c2cccnc2)[nH]c1=O. The molecule has 0 bridgehead atoms. The van der Waals surface area contributed by atoms with Crippen LogP contribution in [-0.4, -0.2) is 31.2 Å². The fraction of sp³-hybridized carbons (Fsp3) is 0.462. The van der Waals surface area contributed by atoms with Crippen LogP contribution in [0.15, 0.2) is 29.3 Å². The number of likely N-dealkylation sites (tertiary alicyclic amines) is 1. The number of aryl methyl sites for hydroxylation is 1. The minimum atomic E-state index is -0.160. The highest BCUT2D eigenvalue weighted by molar-refractivity contribution is 5.15. The number of hydrogen-bond donors (Lipinski definition) is 1. The van der Waals surface area contributed by atoms with Gasteiger partial charge in [0.25, 0.3) is 0 Å². The third kappa shape index (κ3) is 2.44. The number of pyridine rings is 1. The van der Waals surface area contributed by atoms with Gasteiger partial charge in [-0.25, -0.2) is 9.48 Å². The molecule has 1 fully saturated rings. The molecule has 100 valence electrons. The van der Waals surface area contributed by atoms with Gasteiger partial charge in [0.05, 0.1) is 6.54 Å². The first-order valence-electron chi connectivity index (χ1n) is 6.50. The lowest BCUT2D eigenvalue weighted by Crippen LogP contribution is -2.23. The molecule has 6 heteroatoms. The van der Waals surface area contributed by atoms with Gasteiger partial charge in [0, 0.05) is 25.5 Å². The van der Waals surface area contributed by atoms with E-state index in [2.05, 4.69) is 26.0 Å². The topological polar surface area (TPSA) is 66.8 Å². The maximum atomic E-state index is 11.4. The molecular formula is C13H17N5O. The van der Waals surface area contributed by atoms with Crippen LogP contribution < -0.4 is 5.69 Å². The number of hydrogen-bond acceptors (Lipinski definition) is 4. The van der Waals surface area contributed by atoms with Crippen LogP contribution in [-0.2, 0) is 13.6 Å². The molecule has 0 aliphatic carbocycles. The summed E-state index contributed by atoms with van der Waals surface area (Å²) in [6.07, 6.45) is 6.00. The Bertz CT molecular complexity index is 603. The molecule has 1 saturated heterocycles. The lowest BCUT2D eigenvalue weighted by Gasteiger charge is -2.23. The molecule has 1 aliphatic heterocycles. The fourth-order valence-electron chi connectivity index (χ4n) is 2.69. The van der Waals surface area contributed by atoms with E-state index in [9.17, 15) is 4.79 Å². The van der Waals surface area contributed by atoms with Gasteiger partial charge in [-0.2, -0.15) is 5.10 Å². The number of rotatable bonds is 3. The van der Waals surface area contributed by atoms with Crippen molar-refractivity contribution >= 4 is 0 Å². The lowest BCUT2D eigenvalue weighted by atomic mass is 10.1. The van der Waals surface area contributed by atoms with E-state index in [0.717, 1.165) is 25.2 Å². The van der Waals surface area contributed by atoms with Gasteiger partial charge in [-0.05, 0) is 31.0 Å². The van der Waals surface area contributed by atoms with Gasteiger partial charge in [0.15, 0.2) is 0 Å². The van der Waals surface area contributed by atoms with Gasteiger partial charge in [0.1, 0.15) is 5.82 Å². The van der Waals surface area contributed by atoms with Crippen LogP contribution in [0, 0.1) is 0 Å². The zero-order valence-corrected chi connectivity index (χ0v) is 10.9. The van der Waals surface area contributed by atoms with Crippen LogP contribution in [0.2, 0.25) is 0 Å². The predicted molar refractivity (Wildman–Crippen MR) is 70.5 cm³/mol. The summed E-state index contributed by atoms with van der Waals surface area (Å²) >= 11 is 0. The molecule has 2 aromatic heterocycles. The van der Waals surface area contributed by atoms with E-state index in [0.29, 0.717) is 12.6 Å². The fourth-order valence-corrected chi connectivity index (χ4v) is 2.69. The number of aromatic amines is 1. The van der Waals surface area contributed by atoms with Gasteiger partial charge in [-0.1, -0.05) is 6.07 Å². The van der Waals surface area contributed by atoms with Gasteiger partial charge in [-0.3, -0.25) is 14.9 Å². The van der Waals surface area contributed by atoms with Crippen molar-refractivity contribution in [1.29, 1.82) is 0 Å². The normalized spacial score (nSPS) is 19.9. The molecule has 3 heterocycles. The predicted octanol–water partition coefficient (Wildman–Crippen LogP) is 0.840. The van der Waals surface area contributed by atoms with Crippen molar-refractivity contribution in [3.8, 4) is 0 Å². The van der Waals surface area contributed by atoms with Crippen LogP contribution in [0.4, 0.5) is 0 Å². The second kappa shape index (κ2) is 4.97. The Morgan fingerprint density at radius 2 is 2.42 bits per heavy atom. The molecule has 3 rings (SSSR count). The van der Waals surface area contributed by atoms with Crippen molar-refractivity contribution in [2.45, 2.75) is 25.4 Å². The number of aromatic nitrogens is 4. The van der Waals surface area contributed by atoms with Crippen molar-refractivity contribution < 1.29 is 0 Å². The largest absolute Gasteiger partial charge is 0.343 e. The van der Waals surface area contributed by atoms with E-state index in [1.807, 2.05) is 12.3 Å². The summed E-state index contributed by atoms with van der Waals surface area (Å²) in [4.78, 5) is 20.7. The maximum absolute atomic E-state index is 11.4. The molecule has 0 amide bonds. The van der Waals surface area contributed by atoms with Crippen molar-refractivity contribution in [1.82, 2.24) is 24.6 Å². The van der Waals surface area contributed by atoms with Crippen LogP contribution in [0.1, 0.15) is 30.3 Å². The minimum absolute atomic E-state index is 0.160. The Labute approximate surface area is 111 Å². The van der Waals surface area contributed by atoms with Crippen LogP contribution in [0.3, 0.4) is 0 Å². The molecule has 6 nitrogen and oxygen atoms in total. The Morgan fingerprint density at radius 3 is 3.11 bits per heavy atom. The van der Waals surface area contributed by atoms with E-state index in [4.69, 9.17) is 0 Å². The standard InChI is InChI=1S/C13H17N5O/c1-17-13(19)15-12(16-17)9-18-7-3-5-11(18)10-4-2-6-14-8-10/h2,4,6,8,11H,3,5,7,9H2,1H3,(H,15,16,19). The van der Waals surface area contributed by atoms with Crippen molar-refractivity contribution in [3.05, 3.63) is 46.4 Å². The molecule has 0 radical (unpaired) electrons. The zero-order chi connectivity index (χ0) is 13.2. The first-order chi connectivity index (χ1) is 9.24. The van der Waals surface area contributed by atoms with Gasteiger partial charge < -0.3 is 0 Å². The number of nitrogens with one attached hydrogen (secondary N) is 1. The molecule has 1 N–H and O–H groups in total. The lowest BCUT2D eigenvalue weighted by molar-refractivity contribution is 0.241. The maximum Gasteiger partial charge on any atom is 0.343 e. The Balaban J connectivity index is 1.78. The summed E-state index contributed by atoms with van der Waals surface area (Å²) in [5.74, 6) is 0.725. The molecule has 19 heavy (non-hydrogen) atoms. The average molecular weight is 259 g/mol. The first kappa shape index (κ1) is 12.1. The second-order valence-corrected chi connectivity index (χ2v) is 4.92. The van der Waals surface area contributed by atoms with Crippen LogP contribution in [0.5, 0.6) is 0 Å². The summed E-state index contributed by atoms with van der Waals surface area (Å²) in [7, 11) is 1.66. The van der Waals surface area contributed by atoms with Crippen LogP contribution >= 0.6 is 0 Å². The second-order valence-electron chi connectivity index (χ2n) is 4.92. The monoisotopic (exact) mass is 259 g/mol. The third-order valence-electron chi connectivity index (χ3n) is 3.60. The van der Waals surface area contributed by atoms with E-state index >= 15 is 0 Å². The van der Waals surface area contributed by atoms with E-state index in [-0.39, 0.29) is 5.69 Å². The molecule has 0 saturated carbocycles. The Kier molecular flexibility index (Phi) is 3.16.